The summed E-state index contributed by atoms with van der Waals surface area (Å²) in [6, 6.07) is 10.0. The molecule has 3 heteroatoms. The molecule has 3 nitrogen and oxygen atoms in total. The van der Waals surface area contributed by atoms with Crippen LogP contribution in [0, 0.1) is 5.92 Å². The Morgan fingerprint density at radius 2 is 1.94 bits per heavy atom. The highest BCUT2D eigenvalue weighted by Crippen LogP contribution is 2.30. The molecule has 0 saturated carbocycles. The standard InChI is InChI=1S/C14H18N2O/c1-10(2)8-9-12-13(14(15)17-16-12)11-6-4-3-5-7-11/h3-7,10H,8-9,15H2,1-2H3. The number of hydrogen-bond donors (Lipinski definition) is 1. The van der Waals surface area contributed by atoms with Crippen molar-refractivity contribution in [3.63, 3.8) is 0 Å². The highest BCUT2D eigenvalue weighted by molar-refractivity contribution is 5.74. The van der Waals surface area contributed by atoms with Crippen LogP contribution in [0.4, 0.5) is 5.88 Å². The van der Waals surface area contributed by atoms with Gasteiger partial charge in [-0.1, -0.05) is 49.3 Å². The van der Waals surface area contributed by atoms with Gasteiger partial charge in [0.2, 0.25) is 5.88 Å². The van der Waals surface area contributed by atoms with E-state index >= 15 is 0 Å². The van der Waals surface area contributed by atoms with E-state index in [1.165, 1.54) is 0 Å². The average Bonchev–Trinajstić information content (AvgIpc) is 2.69. The fraction of sp³-hybridized carbons (Fsp3) is 0.357. The molecule has 2 rings (SSSR count). The predicted molar refractivity (Wildman–Crippen MR) is 69.5 cm³/mol. The average molecular weight is 230 g/mol. The van der Waals surface area contributed by atoms with Crippen LogP contribution in [0.3, 0.4) is 0 Å². The molecule has 1 aromatic heterocycles. The van der Waals surface area contributed by atoms with Gasteiger partial charge in [-0.3, -0.25) is 0 Å². The Balaban J connectivity index is 2.30. The Labute approximate surface area is 102 Å². The topological polar surface area (TPSA) is 52.0 Å². The maximum Gasteiger partial charge on any atom is 0.230 e. The largest absolute Gasteiger partial charge is 0.367 e. The van der Waals surface area contributed by atoms with Gasteiger partial charge in [0.25, 0.3) is 0 Å². The third-order valence-corrected chi connectivity index (χ3v) is 2.81. The van der Waals surface area contributed by atoms with E-state index in [9.17, 15) is 0 Å². The number of nitrogens with zero attached hydrogens (tertiary/aromatic N) is 1. The third kappa shape index (κ3) is 2.67. The van der Waals surface area contributed by atoms with Gasteiger partial charge in [-0.05, 0) is 24.3 Å². The van der Waals surface area contributed by atoms with E-state index in [0.717, 1.165) is 29.7 Å². The van der Waals surface area contributed by atoms with Crippen LogP contribution in [0.1, 0.15) is 26.0 Å². The normalized spacial score (nSPS) is 11.0. The lowest BCUT2D eigenvalue weighted by Gasteiger charge is -2.04. The summed E-state index contributed by atoms with van der Waals surface area (Å²) in [5.74, 6) is 1.06. The molecule has 2 aromatic rings. The maximum absolute atomic E-state index is 5.85. The molecule has 0 fully saturated rings. The van der Waals surface area contributed by atoms with E-state index in [2.05, 4.69) is 19.0 Å². The van der Waals surface area contributed by atoms with Crippen molar-refractivity contribution in [2.45, 2.75) is 26.7 Å². The Bertz CT molecular complexity index is 474. The summed E-state index contributed by atoms with van der Waals surface area (Å²) in [5.41, 5.74) is 8.84. The van der Waals surface area contributed by atoms with Crippen molar-refractivity contribution in [1.29, 1.82) is 0 Å². The van der Waals surface area contributed by atoms with E-state index in [1.807, 2.05) is 30.3 Å². The molecule has 1 aromatic carbocycles. The van der Waals surface area contributed by atoms with E-state index < -0.39 is 0 Å². The highest BCUT2D eigenvalue weighted by atomic mass is 16.5. The van der Waals surface area contributed by atoms with Gasteiger partial charge in [-0.25, -0.2) is 0 Å². The van der Waals surface area contributed by atoms with Crippen molar-refractivity contribution in [3.8, 4) is 11.1 Å². The molecule has 2 N–H and O–H groups in total. The first-order valence-corrected chi connectivity index (χ1v) is 5.98. The van der Waals surface area contributed by atoms with E-state index in [1.54, 1.807) is 0 Å². The minimum absolute atomic E-state index is 0.412. The first-order chi connectivity index (χ1) is 8.18. The summed E-state index contributed by atoms with van der Waals surface area (Å²) in [7, 11) is 0. The van der Waals surface area contributed by atoms with Crippen LogP contribution < -0.4 is 5.73 Å². The van der Waals surface area contributed by atoms with Gasteiger partial charge in [-0.15, -0.1) is 0 Å². The van der Waals surface area contributed by atoms with Crippen molar-refractivity contribution in [2.75, 3.05) is 5.73 Å². The Morgan fingerprint density at radius 1 is 1.24 bits per heavy atom. The van der Waals surface area contributed by atoms with Gasteiger partial charge >= 0.3 is 0 Å². The lowest BCUT2D eigenvalue weighted by atomic mass is 10.00. The number of anilines is 1. The molecule has 0 spiro atoms. The summed E-state index contributed by atoms with van der Waals surface area (Å²) in [6.45, 7) is 4.40. The molecule has 1 heterocycles. The second kappa shape index (κ2) is 5.04. The molecule has 90 valence electrons. The number of aryl methyl sites for hydroxylation is 1. The molecule has 0 aliphatic heterocycles. The van der Waals surface area contributed by atoms with Crippen molar-refractivity contribution < 1.29 is 4.52 Å². The van der Waals surface area contributed by atoms with E-state index in [-0.39, 0.29) is 0 Å². The Kier molecular flexibility index (Phi) is 3.47. The lowest BCUT2D eigenvalue weighted by Crippen LogP contribution is -1.95. The van der Waals surface area contributed by atoms with Crippen LogP contribution >= 0.6 is 0 Å². The molecule has 0 aliphatic carbocycles. The van der Waals surface area contributed by atoms with Crippen LogP contribution in [0.25, 0.3) is 11.1 Å². The zero-order chi connectivity index (χ0) is 12.3. The summed E-state index contributed by atoms with van der Waals surface area (Å²) in [5, 5.41) is 4.06. The first-order valence-electron chi connectivity index (χ1n) is 5.98. The van der Waals surface area contributed by atoms with Gasteiger partial charge in [0.05, 0.1) is 11.3 Å². The van der Waals surface area contributed by atoms with Crippen molar-refractivity contribution in [1.82, 2.24) is 5.16 Å². The predicted octanol–water partition coefficient (Wildman–Crippen LogP) is 3.51. The molecular weight excluding hydrogens is 212 g/mol. The number of nitrogens with two attached hydrogens (primary N) is 1. The fourth-order valence-electron chi connectivity index (χ4n) is 1.85. The summed E-state index contributed by atoms with van der Waals surface area (Å²) < 4.78 is 5.11. The smallest absolute Gasteiger partial charge is 0.230 e. The molecule has 0 saturated heterocycles. The molecule has 0 amide bonds. The zero-order valence-electron chi connectivity index (χ0n) is 10.3. The molecule has 0 bridgehead atoms. The molecular formula is C14H18N2O. The molecule has 0 aliphatic rings. The number of nitrogen functional groups attached to an aromatic ring is 1. The molecule has 0 radical (unpaired) electrons. The SMILES string of the molecule is CC(C)CCc1noc(N)c1-c1ccccc1. The minimum Gasteiger partial charge on any atom is -0.367 e. The highest BCUT2D eigenvalue weighted by Gasteiger charge is 2.15. The quantitative estimate of drug-likeness (QED) is 0.874. The van der Waals surface area contributed by atoms with Crippen LogP contribution in [0.2, 0.25) is 0 Å². The minimum atomic E-state index is 0.412. The van der Waals surface area contributed by atoms with Crippen LogP contribution in [-0.2, 0) is 6.42 Å². The van der Waals surface area contributed by atoms with Crippen molar-refractivity contribution >= 4 is 5.88 Å². The molecule has 0 atom stereocenters. The first kappa shape index (κ1) is 11.7. The van der Waals surface area contributed by atoms with Gasteiger partial charge < -0.3 is 10.3 Å². The second-order valence-electron chi connectivity index (χ2n) is 4.67. The Morgan fingerprint density at radius 3 is 2.59 bits per heavy atom. The maximum atomic E-state index is 5.85. The second-order valence-corrected chi connectivity index (χ2v) is 4.67. The van der Waals surface area contributed by atoms with E-state index in [0.29, 0.717) is 11.8 Å². The number of benzene rings is 1. The van der Waals surface area contributed by atoms with E-state index in [4.69, 9.17) is 10.3 Å². The van der Waals surface area contributed by atoms with Gasteiger partial charge in [-0.2, -0.15) is 0 Å². The molecule has 17 heavy (non-hydrogen) atoms. The van der Waals surface area contributed by atoms with Crippen molar-refractivity contribution in [2.24, 2.45) is 5.92 Å². The van der Waals surface area contributed by atoms with Gasteiger partial charge in [0, 0.05) is 0 Å². The fourth-order valence-corrected chi connectivity index (χ4v) is 1.85. The molecule has 0 unspecified atom stereocenters. The monoisotopic (exact) mass is 230 g/mol. The number of rotatable bonds is 4. The lowest BCUT2D eigenvalue weighted by molar-refractivity contribution is 0.423. The number of aromatic nitrogens is 1. The summed E-state index contributed by atoms with van der Waals surface area (Å²) >= 11 is 0. The van der Waals surface area contributed by atoms with Gasteiger partial charge in [0.15, 0.2) is 0 Å². The zero-order valence-corrected chi connectivity index (χ0v) is 10.3. The van der Waals surface area contributed by atoms with Crippen molar-refractivity contribution in [3.05, 3.63) is 36.0 Å². The van der Waals surface area contributed by atoms with Gasteiger partial charge in [0.1, 0.15) is 0 Å². The van der Waals surface area contributed by atoms with Crippen LogP contribution in [0.15, 0.2) is 34.9 Å². The summed E-state index contributed by atoms with van der Waals surface area (Å²) in [4.78, 5) is 0. The Hall–Kier alpha value is -1.77. The van der Waals surface area contributed by atoms with Crippen LogP contribution in [-0.4, -0.2) is 5.16 Å². The summed E-state index contributed by atoms with van der Waals surface area (Å²) in [6.07, 6.45) is 1.99. The number of hydrogen-bond acceptors (Lipinski definition) is 3. The van der Waals surface area contributed by atoms with Crippen LogP contribution in [0.5, 0.6) is 0 Å². The third-order valence-electron chi connectivity index (χ3n) is 2.81.